The van der Waals surface area contributed by atoms with Crippen molar-refractivity contribution in [3.63, 3.8) is 0 Å². The molecule has 2 aromatic carbocycles. The molecular formula is C20H22N4O4. The van der Waals surface area contributed by atoms with E-state index in [2.05, 4.69) is 21.4 Å². The van der Waals surface area contributed by atoms with Crippen molar-refractivity contribution in [3.8, 4) is 11.5 Å². The Bertz CT molecular complexity index is 870. The number of esters is 1. The molecule has 8 heteroatoms. The summed E-state index contributed by atoms with van der Waals surface area (Å²) < 4.78 is 10.7. The molecule has 2 unspecified atom stereocenters. The van der Waals surface area contributed by atoms with Gasteiger partial charge in [0.1, 0.15) is 6.04 Å². The lowest BCUT2D eigenvalue weighted by molar-refractivity contribution is -0.122. The van der Waals surface area contributed by atoms with Gasteiger partial charge < -0.3 is 9.47 Å². The number of amides is 1. The minimum Gasteiger partial charge on any atom is -0.493 e. The van der Waals surface area contributed by atoms with Crippen molar-refractivity contribution in [3.05, 3.63) is 59.7 Å². The van der Waals surface area contributed by atoms with Gasteiger partial charge in [-0.3, -0.25) is 10.2 Å². The molecule has 0 aliphatic carbocycles. The Morgan fingerprint density at radius 1 is 1.14 bits per heavy atom. The first-order valence-electron chi connectivity index (χ1n) is 8.86. The maximum absolute atomic E-state index is 12.2. The monoisotopic (exact) mass is 382 g/mol. The highest BCUT2D eigenvalue weighted by Gasteiger charge is 2.26. The number of ether oxygens (including phenoxy) is 2. The van der Waals surface area contributed by atoms with Gasteiger partial charge in [-0.25, -0.2) is 15.6 Å². The Balaban J connectivity index is 1.62. The third-order valence-electron chi connectivity index (χ3n) is 4.20. The molecule has 3 N–H and O–H groups in total. The molecule has 2 aromatic rings. The molecule has 1 aliphatic heterocycles. The van der Waals surface area contributed by atoms with Gasteiger partial charge in [-0.2, -0.15) is 5.10 Å². The van der Waals surface area contributed by atoms with E-state index >= 15 is 0 Å². The second-order valence-corrected chi connectivity index (χ2v) is 6.38. The Hall–Kier alpha value is -3.23. The average Bonchev–Trinajstić information content (AvgIpc) is 3.16. The van der Waals surface area contributed by atoms with Crippen LogP contribution in [0.2, 0.25) is 0 Å². The van der Waals surface area contributed by atoms with Crippen LogP contribution >= 0.6 is 0 Å². The van der Waals surface area contributed by atoms with Gasteiger partial charge in [-0.15, -0.1) is 0 Å². The lowest BCUT2D eigenvalue weighted by Crippen LogP contribution is -2.41. The fourth-order valence-corrected chi connectivity index (χ4v) is 2.72. The topological polar surface area (TPSA) is 101 Å². The number of benzene rings is 2. The number of hydrogen-bond acceptors (Lipinski definition) is 7. The van der Waals surface area contributed by atoms with Crippen molar-refractivity contribution in [2.75, 3.05) is 7.11 Å². The van der Waals surface area contributed by atoms with Gasteiger partial charge in [0.25, 0.3) is 5.91 Å². The number of hydrazine groups is 1. The van der Waals surface area contributed by atoms with Crippen LogP contribution in [-0.4, -0.2) is 37.3 Å². The summed E-state index contributed by atoms with van der Waals surface area (Å²) in [5, 5.41) is 3.97. The van der Waals surface area contributed by atoms with Crippen molar-refractivity contribution in [2.45, 2.75) is 25.4 Å². The van der Waals surface area contributed by atoms with Gasteiger partial charge in [0.15, 0.2) is 11.5 Å². The van der Waals surface area contributed by atoms with Gasteiger partial charge in [-0.05, 0) is 49.2 Å². The lowest BCUT2D eigenvalue weighted by atomic mass is 10.1. The SMILES string of the molecule is COc1cc(/C=N/NC(=O)C2CC(C)NN2)ccc1OC(=O)c1ccccc1. The maximum atomic E-state index is 12.2. The first-order valence-corrected chi connectivity index (χ1v) is 8.86. The van der Waals surface area contributed by atoms with Crippen molar-refractivity contribution in [2.24, 2.45) is 5.10 Å². The van der Waals surface area contributed by atoms with Crippen molar-refractivity contribution in [1.29, 1.82) is 0 Å². The van der Waals surface area contributed by atoms with E-state index in [1.54, 1.807) is 42.5 Å². The number of hydrogen-bond donors (Lipinski definition) is 3. The molecule has 1 fully saturated rings. The summed E-state index contributed by atoms with van der Waals surface area (Å²) in [5.74, 6) is -0.00393. The summed E-state index contributed by atoms with van der Waals surface area (Å²) in [7, 11) is 1.48. The molecule has 1 aliphatic rings. The normalized spacial score (nSPS) is 18.8. The number of nitrogens with zero attached hydrogens (tertiary/aromatic N) is 1. The molecule has 8 nitrogen and oxygen atoms in total. The second kappa shape index (κ2) is 9.12. The van der Waals surface area contributed by atoms with Crippen molar-refractivity contribution >= 4 is 18.1 Å². The largest absolute Gasteiger partial charge is 0.493 e. The van der Waals surface area contributed by atoms with Gasteiger partial charge in [-0.1, -0.05) is 18.2 Å². The van der Waals surface area contributed by atoms with E-state index < -0.39 is 5.97 Å². The molecule has 1 saturated heterocycles. The highest BCUT2D eigenvalue weighted by atomic mass is 16.6. The summed E-state index contributed by atoms with van der Waals surface area (Å²) in [5.41, 5.74) is 9.52. The lowest BCUT2D eigenvalue weighted by Gasteiger charge is -2.10. The van der Waals surface area contributed by atoms with Crippen LogP contribution in [0, 0.1) is 0 Å². The molecule has 3 rings (SSSR count). The van der Waals surface area contributed by atoms with E-state index in [9.17, 15) is 9.59 Å². The fraction of sp³-hybridized carbons (Fsp3) is 0.250. The molecule has 0 spiro atoms. The summed E-state index contributed by atoms with van der Waals surface area (Å²) in [6.07, 6.45) is 2.19. The van der Waals surface area contributed by atoms with E-state index in [-0.39, 0.29) is 18.0 Å². The van der Waals surface area contributed by atoms with Crippen LogP contribution in [0.1, 0.15) is 29.3 Å². The molecule has 2 atom stereocenters. The van der Waals surface area contributed by atoms with E-state index in [1.165, 1.54) is 13.3 Å². The van der Waals surface area contributed by atoms with Crippen LogP contribution in [0.25, 0.3) is 0 Å². The molecule has 1 heterocycles. The minimum absolute atomic E-state index is 0.214. The number of rotatable bonds is 6. The number of hydrazone groups is 1. The number of carbonyl (C=O) groups is 2. The molecule has 0 saturated carbocycles. The van der Waals surface area contributed by atoms with Crippen molar-refractivity contribution in [1.82, 2.24) is 16.3 Å². The quantitative estimate of drug-likeness (QED) is 0.304. The highest BCUT2D eigenvalue weighted by molar-refractivity contribution is 5.91. The zero-order valence-electron chi connectivity index (χ0n) is 15.6. The predicted octanol–water partition coefficient (Wildman–Crippen LogP) is 1.62. The van der Waals surface area contributed by atoms with Crippen LogP contribution in [0.5, 0.6) is 11.5 Å². The van der Waals surface area contributed by atoms with Gasteiger partial charge >= 0.3 is 5.97 Å². The van der Waals surface area contributed by atoms with Crippen LogP contribution in [-0.2, 0) is 4.79 Å². The van der Waals surface area contributed by atoms with Crippen molar-refractivity contribution < 1.29 is 19.1 Å². The molecular weight excluding hydrogens is 360 g/mol. The van der Waals surface area contributed by atoms with Gasteiger partial charge in [0.05, 0.1) is 18.9 Å². The molecule has 0 aromatic heterocycles. The third kappa shape index (κ3) is 4.93. The Morgan fingerprint density at radius 3 is 2.61 bits per heavy atom. The zero-order chi connectivity index (χ0) is 19.9. The van der Waals surface area contributed by atoms with Crippen LogP contribution in [0.15, 0.2) is 53.6 Å². The van der Waals surface area contributed by atoms with Gasteiger partial charge in [0.2, 0.25) is 0 Å². The van der Waals surface area contributed by atoms with Crippen LogP contribution < -0.4 is 25.8 Å². The summed E-state index contributed by atoms with van der Waals surface area (Å²) in [6.45, 7) is 1.99. The summed E-state index contributed by atoms with van der Waals surface area (Å²) in [6, 6.07) is 13.6. The number of carbonyl (C=O) groups excluding carboxylic acids is 2. The molecule has 0 radical (unpaired) electrons. The summed E-state index contributed by atoms with van der Waals surface area (Å²) >= 11 is 0. The second-order valence-electron chi connectivity index (χ2n) is 6.38. The number of nitrogens with one attached hydrogen (secondary N) is 3. The average molecular weight is 382 g/mol. The van der Waals surface area contributed by atoms with E-state index in [4.69, 9.17) is 9.47 Å². The molecule has 1 amide bonds. The van der Waals surface area contributed by atoms with E-state index in [0.29, 0.717) is 29.0 Å². The molecule has 146 valence electrons. The third-order valence-corrected chi connectivity index (χ3v) is 4.20. The smallest absolute Gasteiger partial charge is 0.343 e. The van der Waals surface area contributed by atoms with Gasteiger partial charge in [0, 0.05) is 6.04 Å². The maximum Gasteiger partial charge on any atom is 0.343 e. The van der Waals surface area contributed by atoms with Crippen LogP contribution in [0.3, 0.4) is 0 Å². The first kappa shape index (κ1) is 19.5. The van der Waals surface area contributed by atoms with E-state index in [0.717, 1.165) is 0 Å². The van der Waals surface area contributed by atoms with E-state index in [1.807, 2.05) is 13.0 Å². The Labute approximate surface area is 162 Å². The van der Waals surface area contributed by atoms with Crippen LogP contribution in [0.4, 0.5) is 0 Å². The standard InChI is InChI=1S/C20H22N4O4/c1-13-10-16(23-22-13)19(25)24-21-12-14-8-9-17(18(11-14)27-2)28-20(26)15-6-4-3-5-7-15/h3-9,11-13,16,22-23H,10H2,1-2H3,(H,24,25)/b21-12+. The Kier molecular flexibility index (Phi) is 6.36. The zero-order valence-corrected chi connectivity index (χ0v) is 15.6. The Morgan fingerprint density at radius 2 is 1.93 bits per heavy atom. The summed E-state index contributed by atoms with van der Waals surface area (Å²) in [4.78, 5) is 24.2. The first-order chi connectivity index (χ1) is 13.6. The highest BCUT2D eigenvalue weighted by Crippen LogP contribution is 2.28. The fourth-order valence-electron chi connectivity index (χ4n) is 2.72. The number of methoxy groups -OCH3 is 1. The molecule has 28 heavy (non-hydrogen) atoms. The minimum atomic E-state index is -0.473. The predicted molar refractivity (Wildman–Crippen MR) is 104 cm³/mol. The molecule has 0 bridgehead atoms.